The minimum Gasteiger partial charge on any atom is -0.465 e. The number of hydrogen-bond acceptors (Lipinski definition) is 3. The minimum absolute atomic E-state index is 0.00998. The molecule has 0 N–H and O–H groups in total. The fourth-order valence-electron chi connectivity index (χ4n) is 1.80. The van der Waals surface area contributed by atoms with Crippen molar-refractivity contribution in [3.05, 3.63) is 0 Å². The maximum Gasteiger partial charge on any atom is 0.293 e. The quantitative estimate of drug-likeness (QED) is 0.579. The van der Waals surface area contributed by atoms with Gasteiger partial charge in [-0.2, -0.15) is 0 Å². The molecular formula is C10H17BrO3. The maximum absolute atomic E-state index is 10.1. The van der Waals surface area contributed by atoms with Gasteiger partial charge in [0.1, 0.15) is 11.6 Å². The zero-order chi connectivity index (χ0) is 10.7. The Morgan fingerprint density at radius 3 is 2.50 bits per heavy atom. The summed E-state index contributed by atoms with van der Waals surface area (Å²) in [7, 11) is 0. The summed E-state index contributed by atoms with van der Waals surface area (Å²) in [6.45, 7) is 7.34. The van der Waals surface area contributed by atoms with Crippen LogP contribution in [0, 0.1) is 17.8 Å². The van der Waals surface area contributed by atoms with E-state index in [0.29, 0.717) is 30.8 Å². The van der Waals surface area contributed by atoms with Crippen molar-refractivity contribution in [3.63, 3.8) is 0 Å². The maximum atomic E-state index is 10.1. The number of carbonyl (C=O) groups is 1. The number of rotatable bonds is 3. The number of halogens is 1. The molecule has 1 saturated heterocycles. The Balaban J connectivity index is 2.55. The zero-order valence-electron chi connectivity index (χ0n) is 8.77. The van der Waals surface area contributed by atoms with Crippen molar-refractivity contribution in [2.24, 2.45) is 17.8 Å². The fourth-order valence-corrected chi connectivity index (χ4v) is 2.55. The van der Waals surface area contributed by atoms with Gasteiger partial charge in [-0.05, 0) is 17.8 Å². The van der Waals surface area contributed by atoms with Crippen LogP contribution in [-0.4, -0.2) is 24.2 Å². The predicted molar refractivity (Wildman–Crippen MR) is 57.1 cm³/mol. The first-order valence-corrected chi connectivity index (χ1v) is 5.84. The van der Waals surface area contributed by atoms with Crippen molar-refractivity contribution in [3.8, 4) is 0 Å². The van der Waals surface area contributed by atoms with E-state index in [1.807, 2.05) is 0 Å². The Kier molecular flexibility index (Phi) is 4.38. The third-order valence-electron chi connectivity index (χ3n) is 3.29. The van der Waals surface area contributed by atoms with Crippen LogP contribution in [0.3, 0.4) is 0 Å². The molecule has 0 spiro atoms. The SMILES string of the molecule is CC1[C@@H](C)[C@H](C)C(COC=O)O[C@@H]1Br. The highest BCUT2D eigenvalue weighted by atomic mass is 79.9. The average molecular weight is 265 g/mol. The topological polar surface area (TPSA) is 35.5 Å². The summed E-state index contributed by atoms with van der Waals surface area (Å²) in [6.07, 6.45) is 0.00998. The van der Waals surface area contributed by atoms with Crippen molar-refractivity contribution in [1.29, 1.82) is 0 Å². The van der Waals surface area contributed by atoms with Crippen molar-refractivity contribution < 1.29 is 14.3 Å². The lowest BCUT2D eigenvalue weighted by molar-refractivity contribution is -0.145. The normalized spacial score (nSPS) is 43.3. The van der Waals surface area contributed by atoms with Gasteiger partial charge in [0.2, 0.25) is 0 Å². The van der Waals surface area contributed by atoms with Crippen LogP contribution in [-0.2, 0) is 14.3 Å². The van der Waals surface area contributed by atoms with Crippen LogP contribution in [0.5, 0.6) is 0 Å². The molecule has 3 nitrogen and oxygen atoms in total. The molecule has 0 saturated carbocycles. The highest BCUT2D eigenvalue weighted by Gasteiger charge is 2.37. The van der Waals surface area contributed by atoms with Gasteiger partial charge in [0, 0.05) is 0 Å². The van der Waals surface area contributed by atoms with Crippen LogP contribution in [0.1, 0.15) is 20.8 Å². The predicted octanol–water partition coefficient (Wildman–Crippen LogP) is 2.19. The Bertz CT molecular complexity index is 198. The molecule has 0 aliphatic carbocycles. The van der Waals surface area contributed by atoms with Crippen LogP contribution < -0.4 is 0 Å². The van der Waals surface area contributed by atoms with Gasteiger partial charge in [0.05, 0.1) is 6.10 Å². The molecule has 2 unspecified atom stereocenters. The molecule has 14 heavy (non-hydrogen) atoms. The molecule has 5 atom stereocenters. The smallest absolute Gasteiger partial charge is 0.293 e. The van der Waals surface area contributed by atoms with E-state index in [1.165, 1.54) is 0 Å². The second-order valence-corrected chi connectivity index (χ2v) is 4.94. The first-order chi connectivity index (χ1) is 6.57. The summed E-state index contributed by atoms with van der Waals surface area (Å²) in [6, 6.07) is 0. The van der Waals surface area contributed by atoms with E-state index >= 15 is 0 Å². The number of ether oxygens (including phenoxy) is 2. The van der Waals surface area contributed by atoms with Gasteiger partial charge in [0.15, 0.2) is 0 Å². The van der Waals surface area contributed by atoms with E-state index < -0.39 is 0 Å². The molecule has 0 radical (unpaired) electrons. The van der Waals surface area contributed by atoms with Crippen molar-refractivity contribution in [1.82, 2.24) is 0 Å². The average Bonchev–Trinajstić information content (AvgIpc) is 2.18. The van der Waals surface area contributed by atoms with Crippen molar-refractivity contribution >= 4 is 22.4 Å². The van der Waals surface area contributed by atoms with Crippen molar-refractivity contribution in [2.45, 2.75) is 31.9 Å². The summed E-state index contributed by atoms with van der Waals surface area (Å²) in [5.74, 6) is 1.46. The molecular weight excluding hydrogens is 248 g/mol. The summed E-state index contributed by atoms with van der Waals surface area (Å²) >= 11 is 3.49. The molecule has 1 fully saturated rings. The van der Waals surface area contributed by atoms with E-state index in [1.54, 1.807) is 0 Å². The third-order valence-corrected chi connectivity index (χ3v) is 4.34. The number of hydrogen-bond donors (Lipinski definition) is 0. The van der Waals surface area contributed by atoms with E-state index in [9.17, 15) is 4.79 Å². The summed E-state index contributed by atoms with van der Waals surface area (Å²) in [5, 5.41) is 0.0638. The summed E-state index contributed by atoms with van der Waals surface area (Å²) in [4.78, 5) is 10.1. The summed E-state index contributed by atoms with van der Waals surface area (Å²) in [5.41, 5.74) is 0. The Morgan fingerprint density at radius 1 is 1.29 bits per heavy atom. The van der Waals surface area contributed by atoms with E-state index in [0.717, 1.165) is 0 Å². The molecule has 0 bridgehead atoms. The molecule has 1 rings (SSSR count). The lowest BCUT2D eigenvalue weighted by Gasteiger charge is -2.41. The van der Waals surface area contributed by atoms with E-state index in [-0.39, 0.29) is 11.1 Å². The van der Waals surface area contributed by atoms with Crippen LogP contribution in [0.4, 0.5) is 0 Å². The van der Waals surface area contributed by atoms with Gasteiger partial charge in [-0.25, -0.2) is 0 Å². The van der Waals surface area contributed by atoms with Crippen LogP contribution in [0.25, 0.3) is 0 Å². The molecule has 0 aromatic heterocycles. The van der Waals surface area contributed by atoms with Gasteiger partial charge in [-0.15, -0.1) is 0 Å². The Morgan fingerprint density at radius 2 is 1.93 bits per heavy atom. The fraction of sp³-hybridized carbons (Fsp3) is 0.900. The second kappa shape index (κ2) is 5.12. The third kappa shape index (κ3) is 2.48. The van der Waals surface area contributed by atoms with Crippen molar-refractivity contribution in [2.75, 3.05) is 6.61 Å². The second-order valence-electron chi connectivity index (χ2n) is 4.03. The van der Waals surface area contributed by atoms with Crippen LogP contribution in [0.2, 0.25) is 0 Å². The molecule has 0 aromatic carbocycles. The minimum atomic E-state index is 0.00998. The number of alkyl halides is 1. The van der Waals surface area contributed by atoms with Gasteiger partial charge in [-0.1, -0.05) is 36.7 Å². The largest absolute Gasteiger partial charge is 0.465 e. The molecule has 1 aliphatic heterocycles. The Hall–Kier alpha value is -0.0900. The van der Waals surface area contributed by atoms with Gasteiger partial charge >= 0.3 is 0 Å². The zero-order valence-corrected chi connectivity index (χ0v) is 10.4. The van der Waals surface area contributed by atoms with Crippen LogP contribution >= 0.6 is 15.9 Å². The summed E-state index contributed by atoms with van der Waals surface area (Å²) < 4.78 is 10.5. The molecule has 1 aliphatic rings. The lowest BCUT2D eigenvalue weighted by atomic mass is 9.80. The highest BCUT2D eigenvalue weighted by Crippen LogP contribution is 2.37. The standard InChI is InChI=1S/C10H17BrO3/c1-6-7(2)9(4-13-5-12)14-10(11)8(6)3/h5-10H,4H2,1-3H3/t6-,7-,8?,9?,10-/m0/s1. The van der Waals surface area contributed by atoms with Crippen LogP contribution in [0.15, 0.2) is 0 Å². The van der Waals surface area contributed by atoms with Gasteiger partial charge < -0.3 is 9.47 Å². The highest BCUT2D eigenvalue weighted by molar-refractivity contribution is 9.09. The first-order valence-electron chi connectivity index (χ1n) is 4.92. The van der Waals surface area contributed by atoms with Gasteiger partial charge in [0.25, 0.3) is 6.47 Å². The molecule has 0 amide bonds. The number of carbonyl (C=O) groups excluding carboxylic acids is 1. The van der Waals surface area contributed by atoms with E-state index in [2.05, 4.69) is 36.7 Å². The molecule has 82 valence electrons. The molecule has 0 aromatic rings. The molecule has 4 heteroatoms. The molecule has 1 heterocycles. The lowest BCUT2D eigenvalue weighted by Crippen LogP contribution is -2.44. The monoisotopic (exact) mass is 264 g/mol. The first kappa shape index (κ1) is 12.0. The van der Waals surface area contributed by atoms with Gasteiger partial charge in [-0.3, -0.25) is 4.79 Å². The Labute approximate surface area is 93.3 Å². The van der Waals surface area contributed by atoms with E-state index in [4.69, 9.17) is 9.47 Å².